The van der Waals surface area contributed by atoms with Crippen molar-refractivity contribution in [3.63, 3.8) is 0 Å². The topological polar surface area (TPSA) is 87.2 Å². The van der Waals surface area contributed by atoms with Crippen molar-refractivity contribution in [2.75, 3.05) is 25.0 Å². The molecule has 1 aliphatic rings. The van der Waals surface area contributed by atoms with Gasteiger partial charge in [0.05, 0.1) is 0 Å². The summed E-state index contributed by atoms with van der Waals surface area (Å²) in [6.45, 7) is 7.06. The fourth-order valence-electron chi connectivity index (χ4n) is 3.49. The van der Waals surface area contributed by atoms with E-state index in [0.717, 1.165) is 30.9 Å². The van der Waals surface area contributed by atoms with E-state index < -0.39 is 0 Å². The van der Waals surface area contributed by atoms with E-state index in [4.69, 9.17) is 0 Å². The molecule has 156 valence electrons. The number of amides is 2. The molecule has 2 amide bonds. The van der Waals surface area contributed by atoms with E-state index in [1.54, 1.807) is 24.3 Å². The lowest BCUT2D eigenvalue weighted by Gasteiger charge is -2.33. The van der Waals surface area contributed by atoms with Crippen molar-refractivity contribution in [3.05, 3.63) is 39.8 Å². The fourth-order valence-corrected chi connectivity index (χ4v) is 4.16. The first kappa shape index (κ1) is 21.4. The summed E-state index contributed by atoms with van der Waals surface area (Å²) in [6, 6.07) is 7.59. The van der Waals surface area contributed by atoms with Crippen LogP contribution >= 0.6 is 11.3 Å². The molecule has 0 spiro atoms. The highest BCUT2D eigenvalue weighted by atomic mass is 32.1. The summed E-state index contributed by atoms with van der Waals surface area (Å²) in [7, 11) is 0. The first-order chi connectivity index (χ1) is 14.1. The number of piperidine rings is 1. The van der Waals surface area contributed by atoms with Crippen molar-refractivity contribution < 1.29 is 9.59 Å². The number of anilines is 1. The van der Waals surface area contributed by atoms with E-state index in [-0.39, 0.29) is 11.8 Å². The Labute approximate surface area is 175 Å². The zero-order valence-corrected chi connectivity index (χ0v) is 17.9. The van der Waals surface area contributed by atoms with Gasteiger partial charge in [-0.2, -0.15) is 0 Å². The Balaban J connectivity index is 1.47. The summed E-state index contributed by atoms with van der Waals surface area (Å²) in [5, 5.41) is 14.8. The van der Waals surface area contributed by atoms with Gasteiger partial charge in [-0.3, -0.25) is 9.59 Å². The minimum atomic E-state index is -0.310. The van der Waals surface area contributed by atoms with Crippen molar-refractivity contribution in [3.8, 4) is 0 Å². The Morgan fingerprint density at radius 1 is 1.24 bits per heavy atom. The van der Waals surface area contributed by atoms with Crippen LogP contribution < -0.4 is 10.6 Å². The number of nitrogens with one attached hydrogen (secondary N) is 2. The lowest BCUT2D eigenvalue weighted by atomic mass is 10.0. The fraction of sp³-hybridized carbons (Fsp3) is 0.524. The lowest BCUT2D eigenvalue weighted by molar-refractivity contribution is 0.0947. The summed E-state index contributed by atoms with van der Waals surface area (Å²) >= 11 is 1.28. The molecule has 29 heavy (non-hydrogen) atoms. The summed E-state index contributed by atoms with van der Waals surface area (Å²) in [4.78, 5) is 27.3. The molecular formula is C21H29N5O2S. The van der Waals surface area contributed by atoms with Crippen LogP contribution in [0.15, 0.2) is 24.3 Å². The van der Waals surface area contributed by atoms with E-state index >= 15 is 0 Å². The SMILES string of the molecule is CCc1nnc(C(=O)Nc2cccc(C(=O)NCCCN3CCCCC3C)c2)s1. The molecule has 0 saturated carbocycles. The monoisotopic (exact) mass is 415 g/mol. The minimum absolute atomic E-state index is 0.128. The van der Waals surface area contributed by atoms with Gasteiger partial charge in [-0.1, -0.05) is 30.7 Å². The molecule has 2 heterocycles. The van der Waals surface area contributed by atoms with Crippen molar-refractivity contribution >= 4 is 28.8 Å². The highest BCUT2D eigenvalue weighted by molar-refractivity contribution is 7.13. The van der Waals surface area contributed by atoms with Gasteiger partial charge >= 0.3 is 0 Å². The van der Waals surface area contributed by atoms with Gasteiger partial charge in [0.2, 0.25) is 5.01 Å². The van der Waals surface area contributed by atoms with Crippen LogP contribution in [0.25, 0.3) is 0 Å². The Morgan fingerprint density at radius 2 is 2.10 bits per heavy atom. The molecule has 0 bridgehead atoms. The minimum Gasteiger partial charge on any atom is -0.352 e. The number of nitrogens with zero attached hydrogens (tertiary/aromatic N) is 3. The molecule has 1 aromatic carbocycles. The number of rotatable bonds is 8. The van der Waals surface area contributed by atoms with Crippen LogP contribution in [0.4, 0.5) is 5.69 Å². The average molecular weight is 416 g/mol. The molecule has 1 saturated heterocycles. The second kappa shape index (κ2) is 10.5. The van der Waals surface area contributed by atoms with Crippen LogP contribution in [0.3, 0.4) is 0 Å². The Kier molecular flexibility index (Phi) is 7.71. The van der Waals surface area contributed by atoms with Crippen LogP contribution in [0.5, 0.6) is 0 Å². The Hall–Kier alpha value is -2.32. The third-order valence-electron chi connectivity index (χ3n) is 5.19. The summed E-state index contributed by atoms with van der Waals surface area (Å²) in [5.74, 6) is -0.438. The zero-order chi connectivity index (χ0) is 20.6. The number of carbonyl (C=O) groups is 2. The van der Waals surface area contributed by atoms with Gasteiger partial charge in [0.25, 0.3) is 11.8 Å². The van der Waals surface area contributed by atoms with E-state index in [0.29, 0.717) is 28.8 Å². The van der Waals surface area contributed by atoms with Crippen LogP contribution in [-0.2, 0) is 6.42 Å². The molecule has 1 aliphatic heterocycles. The summed E-state index contributed by atoms with van der Waals surface area (Å²) < 4.78 is 0. The second-order valence-corrected chi connectivity index (χ2v) is 8.44. The van der Waals surface area contributed by atoms with Crippen LogP contribution in [-0.4, -0.2) is 52.6 Å². The normalized spacial score (nSPS) is 17.1. The van der Waals surface area contributed by atoms with Gasteiger partial charge < -0.3 is 15.5 Å². The van der Waals surface area contributed by atoms with E-state index in [2.05, 4.69) is 32.7 Å². The van der Waals surface area contributed by atoms with Crippen molar-refractivity contribution in [2.45, 2.75) is 52.0 Å². The Morgan fingerprint density at radius 3 is 2.86 bits per heavy atom. The van der Waals surface area contributed by atoms with Crippen molar-refractivity contribution in [1.82, 2.24) is 20.4 Å². The largest absolute Gasteiger partial charge is 0.352 e. The third kappa shape index (κ3) is 6.08. The first-order valence-electron chi connectivity index (χ1n) is 10.3. The highest BCUT2D eigenvalue weighted by Gasteiger charge is 2.17. The molecule has 1 fully saturated rings. The molecule has 1 aromatic heterocycles. The molecule has 2 N–H and O–H groups in total. The van der Waals surface area contributed by atoms with Gasteiger partial charge in [-0.05, 0) is 57.4 Å². The number of aromatic nitrogens is 2. The maximum Gasteiger partial charge on any atom is 0.286 e. The number of aryl methyl sites for hydroxylation is 1. The van der Waals surface area contributed by atoms with E-state index in [1.807, 2.05) is 6.92 Å². The number of hydrogen-bond acceptors (Lipinski definition) is 6. The van der Waals surface area contributed by atoms with Crippen LogP contribution in [0, 0.1) is 0 Å². The standard InChI is InChI=1S/C21H29N5O2S/c1-3-18-24-25-21(29-18)20(28)23-17-10-6-9-16(14-17)19(27)22-11-7-13-26-12-5-4-8-15(26)2/h6,9-10,14-15H,3-5,7-8,11-13H2,1-2H3,(H,22,27)(H,23,28). The van der Waals surface area contributed by atoms with Crippen LogP contribution in [0.2, 0.25) is 0 Å². The maximum atomic E-state index is 12.5. The van der Waals surface area contributed by atoms with Gasteiger partial charge in [0.1, 0.15) is 5.01 Å². The number of carbonyl (C=O) groups excluding carboxylic acids is 2. The zero-order valence-electron chi connectivity index (χ0n) is 17.1. The molecule has 2 aromatic rings. The predicted molar refractivity (Wildman–Crippen MR) is 116 cm³/mol. The molecule has 3 rings (SSSR count). The lowest BCUT2D eigenvalue weighted by Crippen LogP contribution is -2.39. The van der Waals surface area contributed by atoms with Crippen molar-refractivity contribution in [2.24, 2.45) is 0 Å². The molecule has 0 radical (unpaired) electrons. The first-order valence-corrected chi connectivity index (χ1v) is 11.1. The number of hydrogen-bond donors (Lipinski definition) is 2. The molecule has 1 unspecified atom stereocenters. The summed E-state index contributed by atoms with van der Waals surface area (Å²) in [5.41, 5.74) is 1.10. The predicted octanol–water partition coefficient (Wildman–Crippen LogP) is 3.35. The van der Waals surface area contributed by atoms with Gasteiger partial charge in [-0.25, -0.2) is 0 Å². The number of benzene rings is 1. The van der Waals surface area contributed by atoms with E-state index in [9.17, 15) is 9.59 Å². The van der Waals surface area contributed by atoms with Crippen LogP contribution in [0.1, 0.15) is 64.7 Å². The van der Waals surface area contributed by atoms with Crippen molar-refractivity contribution in [1.29, 1.82) is 0 Å². The quantitative estimate of drug-likeness (QED) is 0.646. The molecule has 8 heteroatoms. The Bertz CT molecular complexity index is 838. The van der Waals surface area contributed by atoms with Gasteiger partial charge in [0.15, 0.2) is 0 Å². The maximum absolute atomic E-state index is 12.5. The molecular weight excluding hydrogens is 386 g/mol. The van der Waals surface area contributed by atoms with Gasteiger partial charge in [-0.15, -0.1) is 10.2 Å². The molecule has 0 aliphatic carbocycles. The number of likely N-dealkylation sites (tertiary alicyclic amines) is 1. The second-order valence-electron chi connectivity index (χ2n) is 7.38. The third-order valence-corrected chi connectivity index (χ3v) is 6.26. The smallest absolute Gasteiger partial charge is 0.286 e. The van der Waals surface area contributed by atoms with Gasteiger partial charge in [0, 0.05) is 30.4 Å². The average Bonchev–Trinajstić information content (AvgIpc) is 3.22. The molecule has 1 atom stereocenters. The molecule has 7 nitrogen and oxygen atoms in total. The highest BCUT2D eigenvalue weighted by Crippen LogP contribution is 2.17. The van der Waals surface area contributed by atoms with E-state index in [1.165, 1.54) is 30.6 Å². The summed E-state index contributed by atoms with van der Waals surface area (Å²) in [6.07, 6.45) is 5.54.